The molecule has 2 fully saturated rings. The van der Waals surface area contributed by atoms with Gasteiger partial charge in [-0.05, 0) is 67.1 Å². The number of thiophene rings is 2. The third-order valence-corrected chi connectivity index (χ3v) is 12.3. The van der Waals surface area contributed by atoms with Gasteiger partial charge in [-0.25, -0.2) is 9.97 Å². The number of rotatable bonds is 9. The second-order valence-corrected chi connectivity index (χ2v) is 16.6. The lowest BCUT2D eigenvalue weighted by Crippen LogP contribution is -2.38. The van der Waals surface area contributed by atoms with Crippen molar-refractivity contribution in [3.63, 3.8) is 0 Å². The van der Waals surface area contributed by atoms with Gasteiger partial charge < -0.3 is 35.1 Å². The van der Waals surface area contributed by atoms with Gasteiger partial charge in [0.1, 0.15) is 6.04 Å². The van der Waals surface area contributed by atoms with Gasteiger partial charge in [0.25, 0.3) is 6.47 Å². The number of likely N-dealkylation sites (N-methyl/N-ethyl adjacent to an activating group) is 1. The van der Waals surface area contributed by atoms with Crippen molar-refractivity contribution in [2.24, 2.45) is 0 Å². The number of hydrogen-bond donors (Lipinski definition) is 4. The van der Waals surface area contributed by atoms with E-state index in [0.29, 0.717) is 6.47 Å². The highest BCUT2D eigenvalue weighted by molar-refractivity contribution is 7.27. The second kappa shape index (κ2) is 25.1. The Morgan fingerprint density at radius 2 is 1.38 bits per heavy atom. The van der Waals surface area contributed by atoms with Gasteiger partial charge in [0.15, 0.2) is 0 Å². The molecule has 1 atom stereocenters. The largest absolute Gasteiger partial charge is 0.471 e. The summed E-state index contributed by atoms with van der Waals surface area (Å²) in [6, 6.07) is 24.8. The minimum atomic E-state index is -0.195. The average Bonchev–Trinajstić information content (AvgIpc) is 4.17. The van der Waals surface area contributed by atoms with Gasteiger partial charge in [-0.2, -0.15) is 0 Å². The van der Waals surface area contributed by atoms with Gasteiger partial charge in [-0.3, -0.25) is 19.2 Å². The Bertz CT molecular complexity index is 2450. The number of methoxy groups -OCH3 is 1. The number of nitrogens with one attached hydrogen (secondary N) is 4. The van der Waals surface area contributed by atoms with Crippen LogP contribution < -0.4 is 10.6 Å². The van der Waals surface area contributed by atoms with E-state index in [1.807, 2.05) is 71.1 Å². The standard InChI is InChI=1S/C22H14N4S2.C13H18N2O.C8H14N2O2.C3H8.C2H4O2/c1-3-14(20-8-23-11-24-20)4-2-13(1)16-9-27-22-17(10-28-21(16)22)15-5-6-18-19(7-15)26-12-25-18;1-14-12(11-7-3-2-4-8-11)13(16)15-9-5-6-10-15;1-7(11)9-6-8(12)10-4-2-3-5-10;1-3-2;1-4-2-3/h1-12H,(H,23,24)(H,25,26);2-4,7-8,12,14H,5-6,9-10H2,1H3;2-6H2,1H3,(H,9,11);3H2,1-2H3;2H,1H3. The molecule has 3 amide bonds. The van der Waals surface area contributed by atoms with Crippen LogP contribution in [0.15, 0.2) is 102 Å². The molecule has 6 heterocycles. The van der Waals surface area contributed by atoms with Crippen LogP contribution in [0.5, 0.6) is 0 Å². The molecule has 0 spiro atoms. The van der Waals surface area contributed by atoms with Crippen LogP contribution in [0.2, 0.25) is 0 Å². The van der Waals surface area contributed by atoms with Crippen LogP contribution in [-0.4, -0.2) is 101 Å². The van der Waals surface area contributed by atoms with Gasteiger partial charge in [0.05, 0.1) is 58.6 Å². The predicted molar refractivity (Wildman–Crippen MR) is 255 cm³/mol. The summed E-state index contributed by atoms with van der Waals surface area (Å²) in [6.45, 7) is 9.69. The van der Waals surface area contributed by atoms with E-state index in [4.69, 9.17) is 4.79 Å². The summed E-state index contributed by atoms with van der Waals surface area (Å²) >= 11 is 3.63. The Morgan fingerprint density at radius 3 is 1.94 bits per heavy atom. The summed E-state index contributed by atoms with van der Waals surface area (Å²) in [4.78, 5) is 61.5. The monoisotopic (exact) mass is 890 g/mol. The number of ether oxygens (including phenoxy) is 1. The lowest BCUT2D eigenvalue weighted by atomic mass is 10.0. The number of nitrogens with zero attached hydrogens (tertiary/aromatic N) is 4. The topological polar surface area (TPSA) is 165 Å². The van der Waals surface area contributed by atoms with Crippen molar-refractivity contribution in [1.82, 2.24) is 40.4 Å². The number of carbonyl (C=O) groups excluding carboxylic acids is 4. The molecule has 0 aliphatic carbocycles. The van der Waals surface area contributed by atoms with E-state index in [1.165, 1.54) is 52.1 Å². The SMILES string of the molecule is CC(=O)NCC(=O)N1CCCC1.CCC.CNC(C(=O)N1CCCC1)c1ccccc1.COC=O.c1ncc(-c2ccc(-c3csc4c(-c5ccc6nc[nH]c6c5)csc34)cc2)[nH]1. The third kappa shape index (κ3) is 13.4. The Labute approximate surface area is 377 Å². The van der Waals surface area contributed by atoms with Gasteiger partial charge in [-0.15, -0.1) is 22.7 Å². The van der Waals surface area contributed by atoms with Crippen molar-refractivity contribution >= 4 is 67.3 Å². The molecule has 0 saturated carbocycles. The molecule has 2 saturated heterocycles. The fourth-order valence-corrected chi connectivity index (χ4v) is 9.50. The van der Waals surface area contributed by atoms with Crippen molar-refractivity contribution in [2.75, 3.05) is 46.9 Å². The van der Waals surface area contributed by atoms with Crippen molar-refractivity contribution < 1.29 is 23.9 Å². The number of hydrogen-bond acceptors (Lipinski definition) is 10. The zero-order chi connectivity index (χ0) is 45.0. The maximum Gasteiger partial charge on any atom is 0.292 e. The molecular weight excluding hydrogens is 833 g/mol. The smallest absolute Gasteiger partial charge is 0.292 e. The summed E-state index contributed by atoms with van der Waals surface area (Å²) in [6.07, 6.45) is 11.0. The molecule has 0 radical (unpaired) electrons. The molecule has 4 N–H and O–H groups in total. The van der Waals surface area contributed by atoms with Crippen molar-refractivity contribution in [2.45, 2.75) is 58.9 Å². The Hall–Kier alpha value is -6.16. The van der Waals surface area contributed by atoms with Crippen LogP contribution in [0.4, 0.5) is 0 Å². The molecule has 13 nitrogen and oxygen atoms in total. The number of H-pyrrole nitrogens is 2. The van der Waals surface area contributed by atoms with E-state index in [-0.39, 0.29) is 30.3 Å². The summed E-state index contributed by atoms with van der Waals surface area (Å²) < 4.78 is 6.55. The van der Waals surface area contributed by atoms with Crippen LogP contribution in [0.3, 0.4) is 0 Å². The maximum absolute atomic E-state index is 12.2. The molecule has 0 bridgehead atoms. The zero-order valence-corrected chi connectivity index (χ0v) is 38.3. The number of benzene rings is 3. The van der Waals surface area contributed by atoms with Crippen molar-refractivity contribution in [1.29, 1.82) is 0 Å². The molecule has 4 aromatic heterocycles. The number of imidazole rings is 2. The molecule has 3 aromatic carbocycles. The first-order valence-corrected chi connectivity index (χ1v) is 23.0. The van der Waals surface area contributed by atoms with Crippen molar-refractivity contribution in [3.8, 4) is 33.5 Å². The number of likely N-dealkylation sites (tertiary alicyclic amines) is 2. The Morgan fingerprint density at radius 1 is 0.810 bits per heavy atom. The molecule has 332 valence electrons. The second-order valence-electron chi connectivity index (χ2n) is 14.8. The zero-order valence-electron chi connectivity index (χ0n) is 36.7. The van der Waals surface area contributed by atoms with Crippen LogP contribution in [0.25, 0.3) is 53.9 Å². The van der Waals surface area contributed by atoms with Gasteiger partial charge in [-0.1, -0.05) is 80.9 Å². The van der Waals surface area contributed by atoms with E-state index < -0.39 is 0 Å². The number of fused-ring (bicyclic) bond motifs is 2. The number of carbonyl (C=O) groups is 4. The maximum atomic E-state index is 12.2. The number of aromatic nitrogens is 4. The lowest BCUT2D eigenvalue weighted by molar-refractivity contribution is -0.132. The minimum absolute atomic E-state index is 0.0303. The minimum Gasteiger partial charge on any atom is -0.471 e. The summed E-state index contributed by atoms with van der Waals surface area (Å²) in [5, 5.41) is 10.1. The first-order valence-electron chi connectivity index (χ1n) is 21.2. The normalized spacial score (nSPS) is 13.3. The van der Waals surface area contributed by atoms with Gasteiger partial charge in [0, 0.05) is 55.0 Å². The van der Waals surface area contributed by atoms with Gasteiger partial charge in [0.2, 0.25) is 17.7 Å². The number of amides is 3. The van der Waals surface area contributed by atoms with E-state index in [9.17, 15) is 14.4 Å². The fraction of sp³-hybridized carbons (Fsp3) is 0.333. The van der Waals surface area contributed by atoms with E-state index in [0.717, 1.165) is 79.7 Å². The van der Waals surface area contributed by atoms with E-state index in [2.05, 4.69) is 102 Å². The lowest BCUT2D eigenvalue weighted by Gasteiger charge is -2.23. The molecule has 1 unspecified atom stereocenters. The van der Waals surface area contributed by atoms with Gasteiger partial charge >= 0.3 is 0 Å². The Kier molecular flexibility index (Phi) is 19.1. The predicted octanol–water partition coefficient (Wildman–Crippen LogP) is 9.08. The van der Waals surface area contributed by atoms with E-state index in [1.54, 1.807) is 17.6 Å². The summed E-state index contributed by atoms with van der Waals surface area (Å²) in [5.74, 6) is 0.0800. The molecule has 2 aliphatic rings. The van der Waals surface area contributed by atoms with Crippen LogP contribution in [0, 0.1) is 0 Å². The quantitative estimate of drug-likeness (QED) is 0.104. The Balaban J connectivity index is 0.000000181. The van der Waals surface area contributed by atoms with E-state index >= 15 is 0 Å². The third-order valence-electron chi connectivity index (χ3n) is 10.2. The van der Waals surface area contributed by atoms with Crippen molar-refractivity contribution in [3.05, 3.63) is 108 Å². The highest BCUT2D eigenvalue weighted by atomic mass is 32.1. The fourth-order valence-electron chi connectivity index (χ4n) is 7.04. The highest BCUT2D eigenvalue weighted by Crippen LogP contribution is 2.44. The summed E-state index contributed by atoms with van der Waals surface area (Å²) in [5.41, 5.74) is 10.4. The first-order chi connectivity index (χ1) is 30.7. The summed E-state index contributed by atoms with van der Waals surface area (Å²) in [7, 11) is 3.15. The van der Waals surface area contributed by atoms with Crippen LogP contribution in [-0.2, 0) is 23.9 Å². The molecule has 9 rings (SSSR count). The first kappa shape index (κ1) is 47.9. The van der Waals surface area contributed by atoms with Crippen LogP contribution in [0.1, 0.15) is 64.5 Å². The molecule has 7 aromatic rings. The molecule has 63 heavy (non-hydrogen) atoms. The molecule has 15 heteroatoms. The molecule has 2 aliphatic heterocycles. The molecular formula is C48H58N8O5S2. The average molecular weight is 891 g/mol. The number of aromatic amines is 2. The highest BCUT2D eigenvalue weighted by Gasteiger charge is 2.26. The van der Waals surface area contributed by atoms with Crippen LogP contribution >= 0.6 is 22.7 Å².